The van der Waals surface area contributed by atoms with Crippen molar-refractivity contribution in [3.8, 4) is 11.4 Å². The molecule has 0 aliphatic rings. The summed E-state index contributed by atoms with van der Waals surface area (Å²) in [6.45, 7) is 3.87. The Balaban J connectivity index is 1.94. The predicted octanol–water partition coefficient (Wildman–Crippen LogP) is 4.95. The minimum absolute atomic E-state index is 0.0768. The van der Waals surface area contributed by atoms with Gasteiger partial charge in [0.1, 0.15) is 17.1 Å². The first-order valence-electron chi connectivity index (χ1n) is 9.32. The second-order valence-electron chi connectivity index (χ2n) is 6.88. The van der Waals surface area contributed by atoms with Crippen LogP contribution in [0.3, 0.4) is 0 Å². The number of carboxylic acids is 1. The number of carboxylic acid groups (broad SMARTS) is 1. The maximum atomic E-state index is 11.8. The fourth-order valence-electron chi connectivity index (χ4n) is 3.24. The van der Waals surface area contributed by atoms with Crippen LogP contribution in [0, 0.1) is 5.92 Å². The number of anilines is 1. The summed E-state index contributed by atoms with van der Waals surface area (Å²) in [6, 6.07) is 16.5. The summed E-state index contributed by atoms with van der Waals surface area (Å²) < 4.78 is 5.99. The number of nitrogens with one attached hydrogen (secondary N) is 1. The highest BCUT2D eigenvalue weighted by Gasteiger charge is 2.26. The molecule has 6 heteroatoms. The third kappa shape index (κ3) is 3.17. The Morgan fingerprint density at radius 1 is 1.11 bits per heavy atom. The molecule has 2 aromatic heterocycles. The van der Waals surface area contributed by atoms with Crippen molar-refractivity contribution in [1.29, 1.82) is 0 Å². The molecule has 2 heterocycles. The van der Waals surface area contributed by atoms with Crippen molar-refractivity contribution in [2.75, 3.05) is 5.32 Å². The van der Waals surface area contributed by atoms with Crippen LogP contribution in [0.5, 0.6) is 0 Å². The highest BCUT2D eigenvalue weighted by Crippen LogP contribution is 2.33. The second kappa shape index (κ2) is 7.31. The fourth-order valence-corrected chi connectivity index (χ4v) is 3.24. The molecule has 0 aliphatic heterocycles. The van der Waals surface area contributed by atoms with Crippen molar-refractivity contribution in [1.82, 2.24) is 9.97 Å². The third-order valence-corrected chi connectivity index (χ3v) is 5.02. The average molecular weight is 375 g/mol. The quantitative estimate of drug-likeness (QED) is 0.495. The molecule has 0 amide bonds. The molecule has 0 fully saturated rings. The summed E-state index contributed by atoms with van der Waals surface area (Å²) in [5.41, 5.74) is 2.68. The molecule has 0 radical (unpaired) electrons. The van der Waals surface area contributed by atoms with E-state index >= 15 is 0 Å². The van der Waals surface area contributed by atoms with Crippen molar-refractivity contribution in [2.45, 2.75) is 26.3 Å². The van der Waals surface area contributed by atoms with Crippen LogP contribution in [-0.4, -0.2) is 27.1 Å². The maximum Gasteiger partial charge on any atom is 0.326 e. The third-order valence-electron chi connectivity index (χ3n) is 5.02. The van der Waals surface area contributed by atoms with Gasteiger partial charge in [-0.15, -0.1) is 0 Å². The van der Waals surface area contributed by atoms with Crippen molar-refractivity contribution < 1.29 is 14.3 Å². The number of aliphatic carboxylic acids is 1. The molecule has 6 nitrogen and oxygen atoms in total. The number of fused-ring (bicyclic) bond motifs is 3. The zero-order valence-corrected chi connectivity index (χ0v) is 15.7. The molecule has 142 valence electrons. The molecule has 0 saturated heterocycles. The fraction of sp³-hybridized carbons (Fsp3) is 0.227. The van der Waals surface area contributed by atoms with Crippen LogP contribution in [0.4, 0.5) is 5.82 Å². The summed E-state index contributed by atoms with van der Waals surface area (Å²) in [6.07, 6.45) is 0.726. The SMILES string of the molecule is CC[C@H](C)[C@H](Nc1nc(-c2ccccc2)nc2c1oc1ccccc12)C(=O)O. The van der Waals surface area contributed by atoms with Crippen LogP contribution < -0.4 is 5.32 Å². The number of rotatable bonds is 6. The summed E-state index contributed by atoms with van der Waals surface area (Å²) in [5, 5.41) is 13.7. The molecule has 28 heavy (non-hydrogen) atoms. The van der Waals surface area contributed by atoms with Gasteiger partial charge in [-0.05, 0) is 18.1 Å². The maximum absolute atomic E-state index is 11.8. The monoisotopic (exact) mass is 375 g/mol. The first kappa shape index (κ1) is 18.0. The van der Waals surface area contributed by atoms with Crippen molar-refractivity contribution in [3.63, 3.8) is 0 Å². The van der Waals surface area contributed by atoms with Crippen molar-refractivity contribution in [2.24, 2.45) is 5.92 Å². The van der Waals surface area contributed by atoms with E-state index in [0.717, 1.165) is 17.4 Å². The summed E-state index contributed by atoms with van der Waals surface area (Å²) in [4.78, 5) is 21.2. The van der Waals surface area contributed by atoms with E-state index in [1.54, 1.807) is 0 Å². The predicted molar refractivity (Wildman–Crippen MR) is 109 cm³/mol. The number of hydrogen-bond acceptors (Lipinski definition) is 5. The molecule has 0 saturated carbocycles. The molecule has 0 unspecified atom stereocenters. The standard InChI is InChI=1S/C22H21N3O3/c1-3-13(2)17(22(26)27)23-21-19-18(15-11-7-8-12-16(15)28-19)24-20(25-21)14-9-5-4-6-10-14/h4-13,17H,3H2,1-2H3,(H,26,27)(H,23,24,25)/t13-,17-/m0/s1. The topological polar surface area (TPSA) is 88.3 Å². The van der Waals surface area contributed by atoms with Gasteiger partial charge < -0.3 is 14.8 Å². The highest BCUT2D eigenvalue weighted by molar-refractivity contribution is 6.06. The van der Waals surface area contributed by atoms with E-state index in [0.29, 0.717) is 28.3 Å². The molecule has 0 bridgehead atoms. The van der Waals surface area contributed by atoms with Crippen LogP contribution in [0.1, 0.15) is 20.3 Å². The highest BCUT2D eigenvalue weighted by atomic mass is 16.4. The number of furan rings is 1. The first-order valence-corrected chi connectivity index (χ1v) is 9.32. The van der Waals surface area contributed by atoms with Gasteiger partial charge in [-0.2, -0.15) is 0 Å². The van der Waals surface area contributed by atoms with Crippen LogP contribution in [0.25, 0.3) is 33.5 Å². The second-order valence-corrected chi connectivity index (χ2v) is 6.88. The molecule has 2 aromatic carbocycles. The van der Waals surface area contributed by atoms with Gasteiger partial charge in [-0.25, -0.2) is 14.8 Å². The number of aromatic nitrogens is 2. The molecular formula is C22H21N3O3. The Bertz CT molecular complexity index is 1140. The number of hydrogen-bond donors (Lipinski definition) is 2. The molecule has 4 rings (SSSR count). The molecule has 0 aliphatic carbocycles. The van der Waals surface area contributed by atoms with Gasteiger partial charge in [0, 0.05) is 10.9 Å². The van der Waals surface area contributed by atoms with Gasteiger partial charge >= 0.3 is 5.97 Å². The molecule has 2 N–H and O–H groups in total. The molecule has 2 atom stereocenters. The lowest BCUT2D eigenvalue weighted by Crippen LogP contribution is -2.35. The van der Waals surface area contributed by atoms with Gasteiger partial charge in [-0.1, -0.05) is 62.7 Å². The van der Waals surface area contributed by atoms with Gasteiger partial charge in [0.15, 0.2) is 17.2 Å². The zero-order chi connectivity index (χ0) is 19.7. The Morgan fingerprint density at radius 2 is 1.82 bits per heavy atom. The number of para-hydroxylation sites is 1. The van der Waals surface area contributed by atoms with E-state index in [4.69, 9.17) is 9.40 Å². The van der Waals surface area contributed by atoms with E-state index in [-0.39, 0.29) is 5.92 Å². The minimum atomic E-state index is -0.918. The Kier molecular flexibility index (Phi) is 4.69. The zero-order valence-electron chi connectivity index (χ0n) is 15.7. The Hall–Kier alpha value is -3.41. The Morgan fingerprint density at radius 3 is 2.54 bits per heavy atom. The summed E-state index contributed by atoms with van der Waals surface area (Å²) in [5.74, 6) is -0.0752. The molecular weight excluding hydrogens is 354 g/mol. The van der Waals surface area contributed by atoms with Crippen molar-refractivity contribution in [3.05, 3.63) is 54.6 Å². The van der Waals surface area contributed by atoms with Crippen LogP contribution in [0.2, 0.25) is 0 Å². The van der Waals surface area contributed by atoms with E-state index in [1.165, 1.54) is 0 Å². The molecule has 0 spiro atoms. The molecule has 4 aromatic rings. The van der Waals surface area contributed by atoms with Gasteiger partial charge in [0.2, 0.25) is 0 Å². The average Bonchev–Trinajstić information content (AvgIpc) is 3.10. The summed E-state index contributed by atoms with van der Waals surface area (Å²) in [7, 11) is 0. The van der Waals surface area contributed by atoms with E-state index < -0.39 is 12.0 Å². The minimum Gasteiger partial charge on any atom is -0.480 e. The number of nitrogens with zero attached hydrogens (tertiary/aromatic N) is 2. The number of benzene rings is 2. The largest absolute Gasteiger partial charge is 0.480 e. The summed E-state index contributed by atoms with van der Waals surface area (Å²) >= 11 is 0. The first-order chi connectivity index (χ1) is 13.6. The van der Waals surface area contributed by atoms with E-state index in [1.807, 2.05) is 68.4 Å². The lowest BCUT2D eigenvalue weighted by atomic mass is 9.99. The van der Waals surface area contributed by atoms with E-state index in [2.05, 4.69) is 10.3 Å². The van der Waals surface area contributed by atoms with Crippen LogP contribution >= 0.6 is 0 Å². The van der Waals surface area contributed by atoms with Gasteiger partial charge in [0.25, 0.3) is 0 Å². The van der Waals surface area contributed by atoms with Crippen molar-refractivity contribution >= 4 is 33.9 Å². The lowest BCUT2D eigenvalue weighted by Gasteiger charge is -2.20. The smallest absolute Gasteiger partial charge is 0.326 e. The van der Waals surface area contributed by atoms with E-state index in [9.17, 15) is 9.90 Å². The van der Waals surface area contributed by atoms with Gasteiger partial charge in [0.05, 0.1) is 0 Å². The normalized spacial score (nSPS) is 13.5. The van der Waals surface area contributed by atoms with Crippen LogP contribution in [-0.2, 0) is 4.79 Å². The lowest BCUT2D eigenvalue weighted by molar-refractivity contribution is -0.139. The number of carbonyl (C=O) groups is 1. The van der Waals surface area contributed by atoms with Crippen LogP contribution in [0.15, 0.2) is 59.0 Å². The van der Waals surface area contributed by atoms with Gasteiger partial charge in [-0.3, -0.25) is 0 Å². The Labute approximate surface area is 162 Å².